The summed E-state index contributed by atoms with van der Waals surface area (Å²) in [6, 6.07) is 4.09. The van der Waals surface area contributed by atoms with Crippen LogP contribution in [0.3, 0.4) is 0 Å². The van der Waals surface area contributed by atoms with Gasteiger partial charge in [-0.3, -0.25) is 4.99 Å². The van der Waals surface area contributed by atoms with Crippen LogP contribution in [0.25, 0.3) is 0 Å². The molecule has 2 heterocycles. The molecule has 1 atom stereocenters. The molecular weight excluding hydrogens is 282 g/mol. The number of nitrogens with two attached hydrogens (primary N) is 1. The van der Waals surface area contributed by atoms with E-state index in [2.05, 4.69) is 16.4 Å². The maximum absolute atomic E-state index is 11.6. The smallest absolute Gasteiger partial charge is 0.188 e. The van der Waals surface area contributed by atoms with Crippen molar-refractivity contribution in [2.75, 3.05) is 18.8 Å². The van der Waals surface area contributed by atoms with Crippen molar-refractivity contribution in [2.24, 2.45) is 10.7 Å². The number of hydrogen-bond acceptors (Lipinski definition) is 4. The Kier molecular flexibility index (Phi) is 4.81. The van der Waals surface area contributed by atoms with E-state index in [1.807, 2.05) is 11.4 Å². The Morgan fingerprint density at radius 1 is 1.58 bits per heavy atom. The first kappa shape index (κ1) is 14.3. The number of aliphatic imine (C=N–C) groups is 1. The summed E-state index contributed by atoms with van der Waals surface area (Å²) in [5, 5.41) is 4.71. The highest BCUT2D eigenvalue weighted by Crippen LogP contribution is 2.19. The number of rotatable bonds is 5. The topological polar surface area (TPSA) is 84.5 Å². The lowest BCUT2D eigenvalue weighted by molar-refractivity contribution is 0.590. The van der Waals surface area contributed by atoms with Gasteiger partial charge in [-0.1, -0.05) is 6.07 Å². The zero-order chi connectivity index (χ0) is 13.7. The van der Waals surface area contributed by atoms with E-state index < -0.39 is 9.84 Å². The van der Waals surface area contributed by atoms with E-state index in [4.69, 9.17) is 5.73 Å². The van der Waals surface area contributed by atoms with Crippen molar-refractivity contribution >= 4 is 27.1 Å². The monoisotopic (exact) mass is 301 g/mol. The van der Waals surface area contributed by atoms with Gasteiger partial charge in [-0.15, -0.1) is 11.3 Å². The summed E-state index contributed by atoms with van der Waals surface area (Å²) in [5.41, 5.74) is 5.73. The molecule has 1 aromatic heterocycles. The Bertz CT molecular complexity index is 523. The molecular formula is C12H19N3O2S2. The van der Waals surface area contributed by atoms with Crippen molar-refractivity contribution in [3.8, 4) is 0 Å². The van der Waals surface area contributed by atoms with E-state index >= 15 is 0 Å². The van der Waals surface area contributed by atoms with Crippen LogP contribution in [-0.2, 0) is 16.3 Å². The molecule has 1 unspecified atom stereocenters. The van der Waals surface area contributed by atoms with E-state index in [0.717, 1.165) is 12.8 Å². The van der Waals surface area contributed by atoms with E-state index in [1.165, 1.54) is 4.88 Å². The van der Waals surface area contributed by atoms with Crippen LogP contribution in [0.2, 0.25) is 0 Å². The molecule has 0 bridgehead atoms. The fourth-order valence-corrected chi connectivity index (χ4v) is 4.53. The van der Waals surface area contributed by atoms with Gasteiger partial charge in [-0.2, -0.15) is 0 Å². The molecule has 1 aromatic rings. The molecule has 19 heavy (non-hydrogen) atoms. The second-order valence-corrected chi connectivity index (χ2v) is 8.05. The van der Waals surface area contributed by atoms with Crippen LogP contribution < -0.4 is 11.1 Å². The van der Waals surface area contributed by atoms with Crippen LogP contribution in [-0.4, -0.2) is 38.5 Å². The third kappa shape index (κ3) is 4.21. The maximum atomic E-state index is 11.6. The molecule has 106 valence electrons. The third-order valence-electron chi connectivity index (χ3n) is 3.19. The fraction of sp³-hybridized carbons (Fsp3) is 0.583. The van der Waals surface area contributed by atoms with Crippen LogP contribution in [0.4, 0.5) is 0 Å². The Labute approximate surface area is 117 Å². The van der Waals surface area contributed by atoms with Gasteiger partial charge in [0.15, 0.2) is 15.8 Å². The predicted octanol–water partition coefficient (Wildman–Crippen LogP) is 0.772. The van der Waals surface area contributed by atoms with Crippen molar-refractivity contribution < 1.29 is 8.42 Å². The first-order chi connectivity index (χ1) is 9.08. The van der Waals surface area contributed by atoms with Gasteiger partial charge >= 0.3 is 0 Å². The van der Waals surface area contributed by atoms with Gasteiger partial charge in [-0.05, 0) is 30.7 Å². The molecule has 7 heteroatoms. The lowest BCUT2D eigenvalue weighted by atomic mass is 10.2. The summed E-state index contributed by atoms with van der Waals surface area (Å²) in [5.74, 6) is 0.623. The van der Waals surface area contributed by atoms with E-state index in [-0.39, 0.29) is 11.8 Å². The van der Waals surface area contributed by atoms with E-state index in [0.29, 0.717) is 24.7 Å². The average Bonchev–Trinajstić information content (AvgIpc) is 2.96. The highest BCUT2D eigenvalue weighted by molar-refractivity contribution is 7.92. The lowest BCUT2D eigenvalue weighted by Gasteiger charge is -2.08. The zero-order valence-corrected chi connectivity index (χ0v) is 12.3. The van der Waals surface area contributed by atoms with Crippen molar-refractivity contribution in [1.29, 1.82) is 0 Å². The number of sulfone groups is 1. The first-order valence-electron chi connectivity index (χ1n) is 6.35. The second-order valence-electron chi connectivity index (χ2n) is 4.61. The fourth-order valence-electron chi connectivity index (χ4n) is 2.09. The molecule has 1 aliphatic heterocycles. The normalized spacial score (nSPS) is 22.5. The molecule has 0 saturated carbocycles. The van der Waals surface area contributed by atoms with Gasteiger partial charge in [0.2, 0.25) is 0 Å². The molecule has 3 N–H and O–H groups in total. The number of hydrogen-bond donors (Lipinski definition) is 2. The quantitative estimate of drug-likeness (QED) is 0.621. The molecule has 1 aliphatic rings. The van der Waals surface area contributed by atoms with Crippen molar-refractivity contribution in [2.45, 2.75) is 24.5 Å². The molecule has 0 amide bonds. The largest absolute Gasteiger partial charge is 0.370 e. The molecule has 2 rings (SSSR count). The maximum Gasteiger partial charge on any atom is 0.188 e. The predicted molar refractivity (Wildman–Crippen MR) is 79.3 cm³/mol. The zero-order valence-electron chi connectivity index (χ0n) is 10.7. The number of nitrogens with one attached hydrogen (secondary N) is 1. The van der Waals surface area contributed by atoms with Crippen molar-refractivity contribution in [3.63, 3.8) is 0 Å². The molecule has 0 radical (unpaired) electrons. The Morgan fingerprint density at radius 2 is 2.42 bits per heavy atom. The minimum atomic E-state index is -2.93. The molecule has 0 aliphatic carbocycles. The van der Waals surface area contributed by atoms with Crippen LogP contribution >= 0.6 is 11.3 Å². The van der Waals surface area contributed by atoms with Crippen LogP contribution in [0, 0.1) is 0 Å². The molecule has 5 nitrogen and oxygen atoms in total. The second kappa shape index (κ2) is 6.38. The third-order valence-corrected chi connectivity index (χ3v) is 6.38. The van der Waals surface area contributed by atoms with E-state index in [9.17, 15) is 8.42 Å². The summed E-state index contributed by atoms with van der Waals surface area (Å²) in [4.78, 5) is 5.42. The highest BCUT2D eigenvalue weighted by Gasteiger charge is 2.30. The average molecular weight is 301 g/mol. The Morgan fingerprint density at radius 3 is 3.05 bits per heavy atom. The van der Waals surface area contributed by atoms with Crippen molar-refractivity contribution in [3.05, 3.63) is 22.4 Å². The van der Waals surface area contributed by atoms with Gasteiger partial charge in [0.1, 0.15) is 0 Å². The van der Waals surface area contributed by atoms with Crippen molar-refractivity contribution in [1.82, 2.24) is 5.32 Å². The number of guanidine groups is 1. The Hall–Kier alpha value is -1.08. The molecule has 0 spiro atoms. The summed E-state index contributed by atoms with van der Waals surface area (Å²) in [7, 11) is -2.93. The van der Waals surface area contributed by atoms with Gasteiger partial charge < -0.3 is 11.1 Å². The van der Waals surface area contributed by atoms with Crippen LogP contribution in [0.5, 0.6) is 0 Å². The van der Waals surface area contributed by atoms with Gasteiger partial charge in [0.25, 0.3) is 0 Å². The number of nitrogens with zero attached hydrogens (tertiary/aromatic N) is 1. The summed E-state index contributed by atoms with van der Waals surface area (Å²) in [6.07, 6.45) is 2.35. The van der Waals surface area contributed by atoms with Gasteiger partial charge in [0.05, 0.1) is 17.5 Å². The first-order valence-corrected chi connectivity index (χ1v) is 8.95. The van der Waals surface area contributed by atoms with Gasteiger partial charge in [-0.25, -0.2) is 8.42 Å². The van der Waals surface area contributed by atoms with Crippen LogP contribution in [0.15, 0.2) is 22.5 Å². The SMILES string of the molecule is NC(=NCC1CCCS1(=O)=O)NCCc1cccs1. The summed E-state index contributed by atoms with van der Waals surface area (Å²) >= 11 is 1.71. The lowest BCUT2D eigenvalue weighted by Crippen LogP contribution is -2.34. The van der Waals surface area contributed by atoms with E-state index in [1.54, 1.807) is 11.3 Å². The summed E-state index contributed by atoms with van der Waals surface area (Å²) in [6.45, 7) is 0.993. The van der Waals surface area contributed by atoms with Gasteiger partial charge in [0, 0.05) is 11.4 Å². The molecule has 0 aromatic carbocycles. The minimum Gasteiger partial charge on any atom is -0.370 e. The summed E-state index contributed by atoms with van der Waals surface area (Å²) < 4.78 is 23.2. The standard InChI is InChI=1S/C12H19N3O2S2/c13-12(14-6-5-10-3-1-7-18-10)15-9-11-4-2-8-19(11,16)17/h1,3,7,11H,2,4-6,8-9H2,(H3,13,14,15). The Balaban J connectivity index is 1.73. The number of thiophene rings is 1. The minimum absolute atomic E-state index is 0.278. The molecule has 1 fully saturated rings. The van der Waals surface area contributed by atoms with Crippen LogP contribution in [0.1, 0.15) is 17.7 Å². The highest BCUT2D eigenvalue weighted by atomic mass is 32.2. The molecule has 1 saturated heterocycles.